The van der Waals surface area contributed by atoms with E-state index in [4.69, 9.17) is 0 Å². The molecule has 4 nitrogen and oxygen atoms in total. The van der Waals surface area contributed by atoms with Crippen molar-refractivity contribution in [3.63, 3.8) is 0 Å². The fraction of sp³-hybridized carbons (Fsp3) is 1.00. The standard InChI is InChI=1S/C25H45FN4/c1-21(2)14-24(4-5-24)17-28-8-6-23(7-9-28)15-22(16-23)30-19-25(26,20-30)18-29-12-10-27(3)11-13-29/h21-22H,4-20H2,1-3H3. The van der Waals surface area contributed by atoms with E-state index in [-0.39, 0.29) is 0 Å². The molecule has 0 atom stereocenters. The van der Waals surface area contributed by atoms with E-state index in [1.807, 2.05) is 0 Å². The Labute approximate surface area is 184 Å². The van der Waals surface area contributed by atoms with Gasteiger partial charge < -0.3 is 9.80 Å². The molecule has 0 aromatic rings. The van der Waals surface area contributed by atoms with Crippen LogP contribution < -0.4 is 0 Å². The Balaban J connectivity index is 1.01. The SMILES string of the molecule is CC(C)CC1(CN2CCC3(CC2)CC(N2CC(F)(CN4CCN(C)CC4)C2)C3)CC1. The second-order valence-electron chi connectivity index (χ2n) is 12.6. The number of hydrogen-bond donors (Lipinski definition) is 0. The number of rotatable bonds is 7. The maximum absolute atomic E-state index is 15.2. The number of likely N-dealkylation sites (tertiary alicyclic amines) is 2. The number of piperazine rings is 1. The third-order valence-electron chi connectivity index (χ3n) is 9.20. The van der Waals surface area contributed by atoms with Crippen LogP contribution in [-0.2, 0) is 0 Å². The summed E-state index contributed by atoms with van der Waals surface area (Å²) in [6.07, 6.45) is 9.79. The molecule has 2 aliphatic carbocycles. The number of likely N-dealkylation sites (N-methyl/N-ethyl adjacent to an activating group) is 1. The highest BCUT2D eigenvalue weighted by molar-refractivity contribution is 5.08. The van der Waals surface area contributed by atoms with E-state index in [9.17, 15) is 0 Å². The first kappa shape index (κ1) is 21.6. The highest BCUT2D eigenvalue weighted by atomic mass is 19.1. The van der Waals surface area contributed by atoms with Crippen molar-refractivity contribution in [2.75, 3.05) is 72.5 Å². The van der Waals surface area contributed by atoms with Gasteiger partial charge in [-0.15, -0.1) is 0 Å². The Morgan fingerprint density at radius 3 is 2.00 bits per heavy atom. The molecule has 0 N–H and O–H groups in total. The molecule has 0 radical (unpaired) electrons. The number of nitrogens with zero attached hydrogens (tertiary/aromatic N) is 4. The van der Waals surface area contributed by atoms with Gasteiger partial charge in [-0.3, -0.25) is 9.80 Å². The largest absolute Gasteiger partial charge is 0.304 e. The maximum atomic E-state index is 15.2. The van der Waals surface area contributed by atoms with Gasteiger partial charge in [0.1, 0.15) is 5.67 Å². The lowest BCUT2D eigenvalue weighted by molar-refractivity contribution is -0.131. The molecule has 5 fully saturated rings. The van der Waals surface area contributed by atoms with Crippen LogP contribution in [0.4, 0.5) is 4.39 Å². The van der Waals surface area contributed by atoms with Gasteiger partial charge in [0, 0.05) is 58.4 Å². The van der Waals surface area contributed by atoms with Gasteiger partial charge in [-0.1, -0.05) is 13.8 Å². The normalized spacial score (nSPS) is 32.3. The minimum absolute atomic E-state index is 0.599. The second-order valence-corrected chi connectivity index (χ2v) is 12.6. The van der Waals surface area contributed by atoms with E-state index in [1.54, 1.807) is 0 Å². The average molecular weight is 421 g/mol. The Bertz CT molecular complexity index is 588. The lowest BCUT2D eigenvalue weighted by atomic mass is 9.59. The van der Waals surface area contributed by atoms with E-state index >= 15 is 4.39 Å². The monoisotopic (exact) mass is 420 g/mol. The molecule has 1 spiro atoms. The molecule has 5 heteroatoms. The third-order valence-corrected chi connectivity index (χ3v) is 9.20. The van der Waals surface area contributed by atoms with Gasteiger partial charge in [0.25, 0.3) is 0 Å². The molecule has 172 valence electrons. The quantitative estimate of drug-likeness (QED) is 0.626. The van der Waals surface area contributed by atoms with Crippen molar-refractivity contribution in [3.05, 3.63) is 0 Å². The molecule has 0 bridgehead atoms. The molecule has 30 heavy (non-hydrogen) atoms. The van der Waals surface area contributed by atoms with Crippen LogP contribution in [0.25, 0.3) is 0 Å². The number of halogens is 1. The van der Waals surface area contributed by atoms with Crippen LogP contribution in [0.1, 0.15) is 58.8 Å². The average Bonchev–Trinajstić information content (AvgIpc) is 3.38. The zero-order valence-corrected chi connectivity index (χ0v) is 19.8. The Morgan fingerprint density at radius 2 is 1.43 bits per heavy atom. The molecule has 5 aliphatic rings. The van der Waals surface area contributed by atoms with Gasteiger partial charge in [0.15, 0.2) is 0 Å². The van der Waals surface area contributed by atoms with Crippen LogP contribution in [0.2, 0.25) is 0 Å². The molecule has 2 saturated carbocycles. The number of alkyl halides is 1. The Hall–Kier alpha value is -0.230. The smallest absolute Gasteiger partial charge is 0.148 e. The lowest BCUT2D eigenvalue weighted by Crippen LogP contribution is -2.70. The summed E-state index contributed by atoms with van der Waals surface area (Å²) in [5.41, 5.74) is 0.325. The summed E-state index contributed by atoms with van der Waals surface area (Å²) >= 11 is 0. The summed E-state index contributed by atoms with van der Waals surface area (Å²) in [6, 6.07) is 0.670. The molecule has 3 aliphatic heterocycles. The fourth-order valence-electron chi connectivity index (χ4n) is 7.18. The van der Waals surface area contributed by atoms with Crippen molar-refractivity contribution in [2.45, 2.75) is 70.5 Å². The van der Waals surface area contributed by atoms with E-state index in [1.165, 1.54) is 64.6 Å². The van der Waals surface area contributed by atoms with Crippen LogP contribution in [-0.4, -0.2) is 104 Å². The van der Waals surface area contributed by atoms with Crippen LogP contribution in [0.5, 0.6) is 0 Å². The van der Waals surface area contributed by atoms with Crippen LogP contribution in [0.15, 0.2) is 0 Å². The minimum atomic E-state index is -0.947. The Morgan fingerprint density at radius 1 is 0.833 bits per heavy atom. The molecular weight excluding hydrogens is 375 g/mol. The topological polar surface area (TPSA) is 13.0 Å². The number of hydrogen-bond acceptors (Lipinski definition) is 4. The zero-order valence-electron chi connectivity index (χ0n) is 19.8. The van der Waals surface area contributed by atoms with Crippen molar-refractivity contribution in [2.24, 2.45) is 16.7 Å². The molecule has 3 heterocycles. The predicted octanol–water partition coefficient (Wildman–Crippen LogP) is 3.33. The molecule has 0 amide bonds. The summed E-state index contributed by atoms with van der Waals surface area (Å²) in [5, 5.41) is 0. The third kappa shape index (κ3) is 4.60. The Kier molecular flexibility index (Phi) is 5.74. The highest BCUT2D eigenvalue weighted by Crippen LogP contribution is 2.55. The van der Waals surface area contributed by atoms with Gasteiger partial charge in [0.05, 0.1) is 0 Å². The summed E-state index contributed by atoms with van der Waals surface area (Å²) in [7, 11) is 2.17. The fourth-order valence-corrected chi connectivity index (χ4v) is 7.18. The summed E-state index contributed by atoms with van der Waals surface area (Å²) in [4.78, 5) is 9.94. The summed E-state index contributed by atoms with van der Waals surface area (Å²) < 4.78 is 15.2. The predicted molar refractivity (Wildman–Crippen MR) is 122 cm³/mol. The maximum Gasteiger partial charge on any atom is 0.148 e. The molecule has 0 aromatic carbocycles. The first-order valence-corrected chi connectivity index (χ1v) is 12.8. The lowest BCUT2D eigenvalue weighted by Gasteiger charge is -2.60. The van der Waals surface area contributed by atoms with E-state index in [2.05, 4.69) is 40.5 Å². The van der Waals surface area contributed by atoms with E-state index in [0.29, 0.717) is 36.5 Å². The van der Waals surface area contributed by atoms with Gasteiger partial charge in [-0.05, 0) is 81.8 Å². The van der Waals surface area contributed by atoms with Crippen molar-refractivity contribution in [3.8, 4) is 0 Å². The molecule has 0 aromatic heterocycles. The first-order valence-electron chi connectivity index (χ1n) is 12.8. The first-order chi connectivity index (χ1) is 14.3. The second kappa shape index (κ2) is 7.97. The molecule has 3 saturated heterocycles. The van der Waals surface area contributed by atoms with Crippen molar-refractivity contribution in [1.29, 1.82) is 0 Å². The summed E-state index contributed by atoms with van der Waals surface area (Å²) in [5.74, 6) is 0.839. The molecule has 5 rings (SSSR count). The van der Waals surface area contributed by atoms with Crippen molar-refractivity contribution in [1.82, 2.24) is 19.6 Å². The minimum Gasteiger partial charge on any atom is -0.304 e. The number of piperidine rings is 1. The van der Waals surface area contributed by atoms with E-state index < -0.39 is 5.67 Å². The van der Waals surface area contributed by atoms with Crippen LogP contribution >= 0.6 is 0 Å². The van der Waals surface area contributed by atoms with Crippen LogP contribution in [0, 0.1) is 16.7 Å². The van der Waals surface area contributed by atoms with Crippen molar-refractivity contribution >= 4 is 0 Å². The van der Waals surface area contributed by atoms with E-state index in [0.717, 1.165) is 32.1 Å². The van der Waals surface area contributed by atoms with Gasteiger partial charge >= 0.3 is 0 Å². The summed E-state index contributed by atoms with van der Waals surface area (Å²) in [6.45, 7) is 15.0. The molecule has 0 unspecified atom stereocenters. The van der Waals surface area contributed by atoms with Crippen LogP contribution in [0.3, 0.4) is 0 Å². The van der Waals surface area contributed by atoms with Gasteiger partial charge in [-0.2, -0.15) is 0 Å². The zero-order chi connectivity index (χ0) is 21.0. The van der Waals surface area contributed by atoms with Gasteiger partial charge in [0.2, 0.25) is 0 Å². The van der Waals surface area contributed by atoms with Crippen molar-refractivity contribution < 1.29 is 4.39 Å². The highest BCUT2D eigenvalue weighted by Gasteiger charge is 2.55. The van der Waals surface area contributed by atoms with Gasteiger partial charge in [-0.25, -0.2) is 4.39 Å². The molecular formula is C25H45FN4.